The van der Waals surface area contributed by atoms with Gasteiger partial charge in [-0.15, -0.1) is 0 Å². The number of hydrogen-bond acceptors (Lipinski definition) is 8. The van der Waals surface area contributed by atoms with Crippen molar-refractivity contribution in [1.29, 1.82) is 0 Å². The summed E-state index contributed by atoms with van der Waals surface area (Å²) < 4.78 is 46.1. The summed E-state index contributed by atoms with van der Waals surface area (Å²) in [6, 6.07) is 9.86. The van der Waals surface area contributed by atoms with Gasteiger partial charge in [-0.1, -0.05) is 45.9 Å². The maximum absolute atomic E-state index is 12.8. The largest absolute Gasteiger partial charge is 0.493 e. The molecule has 0 heterocycles. The highest BCUT2D eigenvalue weighted by molar-refractivity contribution is 7.48. The van der Waals surface area contributed by atoms with Crippen LogP contribution in [0, 0.1) is 16.2 Å². The van der Waals surface area contributed by atoms with Crippen LogP contribution in [0.5, 0.6) is 5.75 Å². The second-order valence-electron chi connectivity index (χ2n) is 12.8. The molecule has 1 atom stereocenters. The van der Waals surface area contributed by atoms with Crippen LogP contribution in [0.25, 0.3) is 0 Å². The molecule has 1 saturated carbocycles. The van der Waals surface area contributed by atoms with E-state index >= 15 is 0 Å². The van der Waals surface area contributed by atoms with Gasteiger partial charge in [0.05, 0.1) is 33.0 Å². The molecule has 1 N–H and O–H groups in total. The lowest BCUT2D eigenvalue weighted by Crippen LogP contribution is -2.34. The number of carbonyl (C=O) groups excluding carboxylic acids is 1. The number of ether oxygens (including phenoxy) is 3. The molecule has 9 nitrogen and oxygen atoms in total. The molecule has 2 rings (SSSR count). The summed E-state index contributed by atoms with van der Waals surface area (Å²) in [6.45, 7) is 16.2. The zero-order chi connectivity index (χ0) is 28.5. The van der Waals surface area contributed by atoms with E-state index in [9.17, 15) is 9.36 Å². The molecule has 0 radical (unpaired) electrons. The van der Waals surface area contributed by atoms with Crippen molar-refractivity contribution >= 4 is 13.9 Å². The van der Waals surface area contributed by atoms with Crippen LogP contribution in [0.4, 0.5) is 4.79 Å². The minimum atomic E-state index is -3.74. The number of phosphoric ester groups is 1. The number of hydrogen-bond donors (Lipinski definition) is 1. The average Bonchev–Trinajstić information content (AvgIpc) is 3.58. The summed E-state index contributed by atoms with van der Waals surface area (Å²) in [5, 5.41) is 2.55. The molecule has 0 aliphatic heterocycles. The number of para-hydroxylation sites is 1. The summed E-state index contributed by atoms with van der Waals surface area (Å²) >= 11 is 0. The van der Waals surface area contributed by atoms with Gasteiger partial charge in [0.15, 0.2) is 0 Å². The molecular formula is C28H48NO8P. The Balaban J connectivity index is 1.71. The Kier molecular flexibility index (Phi) is 11.7. The van der Waals surface area contributed by atoms with Gasteiger partial charge in [-0.3, -0.25) is 13.6 Å². The van der Waals surface area contributed by atoms with Crippen molar-refractivity contribution in [2.24, 2.45) is 16.2 Å². The summed E-state index contributed by atoms with van der Waals surface area (Å²) in [4.78, 5) is 11.7. The van der Waals surface area contributed by atoms with Gasteiger partial charge in [0, 0.05) is 19.1 Å². The smallest absolute Gasteiger partial charge is 0.474 e. The number of phosphoric acid groups is 1. The molecule has 0 saturated heterocycles. The van der Waals surface area contributed by atoms with E-state index in [1.165, 1.54) is 7.11 Å². The fourth-order valence-electron chi connectivity index (χ4n) is 4.23. The fraction of sp³-hybridized carbons (Fsp3) is 0.750. The number of benzene rings is 1. The molecule has 38 heavy (non-hydrogen) atoms. The molecule has 10 heteroatoms. The van der Waals surface area contributed by atoms with Gasteiger partial charge >= 0.3 is 13.9 Å². The molecule has 1 aromatic rings. The summed E-state index contributed by atoms with van der Waals surface area (Å²) in [5.74, 6) is 0.877. The Morgan fingerprint density at radius 1 is 0.947 bits per heavy atom. The van der Waals surface area contributed by atoms with Crippen molar-refractivity contribution in [3.05, 3.63) is 30.3 Å². The lowest BCUT2D eigenvalue weighted by molar-refractivity contribution is -0.00483. The fourth-order valence-corrected chi connectivity index (χ4v) is 5.26. The van der Waals surface area contributed by atoms with Crippen molar-refractivity contribution in [2.75, 3.05) is 46.7 Å². The first-order valence-electron chi connectivity index (χ1n) is 13.2. The molecule has 218 valence electrons. The van der Waals surface area contributed by atoms with Crippen LogP contribution in [0.3, 0.4) is 0 Å². The SMILES string of the molecule is COP(=O)(OCCNC(=O)OC(C)(C)C)OCC1(COCC(C)(C)CC(C)(C)COc2ccccc2)CC1. The second kappa shape index (κ2) is 13.6. The molecule has 1 aliphatic rings. The number of nitrogens with one attached hydrogen (secondary N) is 1. The highest BCUT2D eigenvalue weighted by Crippen LogP contribution is 2.54. The normalized spacial score (nSPS) is 16.9. The van der Waals surface area contributed by atoms with E-state index in [0.29, 0.717) is 19.8 Å². The van der Waals surface area contributed by atoms with Crippen molar-refractivity contribution in [3.8, 4) is 5.75 Å². The van der Waals surface area contributed by atoms with Gasteiger partial charge in [-0.25, -0.2) is 9.36 Å². The minimum Gasteiger partial charge on any atom is -0.493 e. The number of amides is 1. The van der Waals surface area contributed by atoms with Crippen LogP contribution < -0.4 is 10.1 Å². The molecule has 1 aromatic carbocycles. The topological polar surface area (TPSA) is 102 Å². The summed E-state index contributed by atoms with van der Waals surface area (Å²) in [6.07, 6.45) is 2.21. The van der Waals surface area contributed by atoms with Crippen molar-refractivity contribution in [1.82, 2.24) is 5.32 Å². The van der Waals surface area contributed by atoms with E-state index in [2.05, 4.69) is 33.0 Å². The van der Waals surface area contributed by atoms with Gasteiger partial charge < -0.3 is 19.5 Å². The number of alkyl carbamates (subject to hydrolysis) is 1. The van der Waals surface area contributed by atoms with Crippen molar-refractivity contribution in [2.45, 2.75) is 73.3 Å². The van der Waals surface area contributed by atoms with Crippen LogP contribution in [0.2, 0.25) is 0 Å². The van der Waals surface area contributed by atoms with E-state index in [-0.39, 0.29) is 36.0 Å². The lowest BCUT2D eigenvalue weighted by atomic mass is 9.76. The third-order valence-corrected chi connectivity index (χ3v) is 7.35. The van der Waals surface area contributed by atoms with Gasteiger partial charge in [0.25, 0.3) is 0 Å². The Morgan fingerprint density at radius 3 is 2.16 bits per heavy atom. The van der Waals surface area contributed by atoms with E-state index in [0.717, 1.165) is 25.0 Å². The molecule has 1 fully saturated rings. The molecule has 0 aromatic heterocycles. The first-order chi connectivity index (χ1) is 17.6. The molecule has 1 unspecified atom stereocenters. The molecule has 0 spiro atoms. The average molecular weight is 558 g/mol. The molecule has 1 amide bonds. The predicted molar refractivity (Wildman–Crippen MR) is 147 cm³/mol. The third-order valence-electron chi connectivity index (χ3n) is 5.96. The monoisotopic (exact) mass is 557 g/mol. The van der Waals surface area contributed by atoms with Crippen LogP contribution in [0.15, 0.2) is 30.3 Å². The van der Waals surface area contributed by atoms with E-state index in [1.807, 2.05) is 30.3 Å². The quantitative estimate of drug-likeness (QED) is 0.169. The van der Waals surface area contributed by atoms with Crippen molar-refractivity contribution < 1.29 is 37.1 Å². The number of carbonyl (C=O) groups is 1. The zero-order valence-electron chi connectivity index (χ0n) is 24.5. The van der Waals surface area contributed by atoms with Crippen molar-refractivity contribution in [3.63, 3.8) is 0 Å². The molecule has 1 aliphatic carbocycles. The van der Waals surface area contributed by atoms with E-state index in [1.54, 1.807) is 20.8 Å². The second-order valence-corrected chi connectivity index (χ2v) is 14.5. The predicted octanol–water partition coefficient (Wildman–Crippen LogP) is 6.62. The van der Waals surface area contributed by atoms with E-state index < -0.39 is 19.5 Å². The first kappa shape index (κ1) is 32.6. The Hall–Kier alpha value is -1.64. The lowest BCUT2D eigenvalue weighted by Gasteiger charge is -2.35. The first-order valence-corrected chi connectivity index (χ1v) is 14.7. The van der Waals surface area contributed by atoms with Crippen LogP contribution >= 0.6 is 7.82 Å². The standard InChI is InChI=1S/C28H48NO8P/c1-25(2,3)37-24(30)29-16-17-35-38(31,32-8)36-22-28(14-15-28)21-33-19-26(4,5)18-27(6,7)20-34-23-12-10-9-11-13-23/h9-13H,14-22H2,1-8H3,(H,29,30). The van der Waals surface area contributed by atoms with Crippen LogP contribution in [-0.2, 0) is 27.6 Å². The highest BCUT2D eigenvalue weighted by atomic mass is 31.2. The summed E-state index contributed by atoms with van der Waals surface area (Å²) in [5.41, 5.74) is -0.858. The Labute approximate surface area is 228 Å². The maximum atomic E-state index is 12.8. The van der Waals surface area contributed by atoms with Crippen LogP contribution in [0.1, 0.15) is 67.7 Å². The Bertz CT molecular complexity index is 909. The number of rotatable bonds is 17. The minimum absolute atomic E-state index is 0.0239. The Morgan fingerprint density at radius 2 is 1.58 bits per heavy atom. The van der Waals surface area contributed by atoms with Crippen LogP contribution in [-0.4, -0.2) is 58.4 Å². The van der Waals surface area contributed by atoms with Gasteiger partial charge in [-0.2, -0.15) is 0 Å². The van der Waals surface area contributed by atoms with Gasteiger partial charge in [0.1, 0.15) is 11.4 Å². The molecular weight excluding hydrogens is 509 g/mol. The van der Waals surface area contributed by atoms with Gasteiger partial charge in [0.2, 0.25) is 0 Å². The summed E-state index contributed by atoms with van der Waals surface area (Å²) in [7, 11) is -2.46. The third kappa shape index (κ3) is 12.9. The highest BCUT2D eigenvalue weighted by Gasteiger charge is 2.46. The molecule has 0 bridgehead atoms. The van der Waals surface area contributed by atoms with Gasteiger partial charge in [-0.05, 0) is 63.0 Å². The van der Waals surface area contributed by atoms with E-state index in [4.69, 9.17) is 27.8 Å². The zero-order valence-corrected chi connectivity index (χ0v) is 25.4. The maximum Gasteiger partial charge on any atom is 0.474 e.